The van der Waals surface area contributed by atoms with Gasteiger partial charge >= 0.3 is 5.97 Å². The minimum absolute atomic E-state index is 0.0606. The van der Waals surface area contributed by atoms with Crippen molar-refractivity contribution in [2.75, 3.05) is 5.75 Å². The van der Waals surface area contributed by atoms with Crippen LogP contribution in [-0.2, 0) is 24.3 Å². The predicted octanol–water partition coefficient (Wildman–Crippen LogP) is 5.91. The molecular weight excluding hydrogens is 621 g/mol. The lowest BCUT2D eigenvalue weighted by Gasteiger charge is -2.29. The minimum atomic E-state index is -3.79. The van der Waals surface area contributed by atoms with Crippen molar-refractivity contribution >= 4 is 49.6 Å². The molecule has 0 aliphatic heterocycles. The molecule has 8 nitrogen and oxygen atoms in total. The highest BCUT2D eigenvalue weighted by Gasteiger charge is 2.30. The van der Waals surface area contributed by atoms with Gasteiger partial charge < -0.3 is 10.1 Å². The number of thioether (sulfide) groups is 1. The number of pyridine rings is 1. The van der Waals surface area contributed by atoms with Crippen LogP contribution >= 0.6 is 27.7 Å². The van der Waals surface area contributed by atoms with Crippen molar-refractivity contribution < 1.29 is 27.1 Å². The summed E-state index contributed by atoms with van der Waals surface area (Å²) in [7, 11) is -3.79. The minimum Gasteiger partial charge on any atom is -0.460 e. The molecule has 0 radical (unpaired) electrons. The van der Waals surface area contributed by atoms with Gasteiger partial charge in [-0.3, -0.25) is 9.59 Å². The van der Waals surface area contributed by atoms with Crippen LogP contribution < -0.4 is 10.0 Å². The molecule has 12 heteroatoms. The maximum atomic E-state index is 13.2. The van der Waals surface area contributed by atoms with Gasteiger partial charge in [0.05, 0.1) is 10.5 Å². The number of carbonyl (C=O) groups excluding carboxylic acids is 2. The number of aromatic nitrogens is 1. The number of esters is 1. The maximum Gasteiger partial charge on any atom is 0.306 e. The van der Waals surface area contributed by atoms with Gasteiger partial charge in [0.2, 0.25) is 15.9 Å². The zero-order chi connectivity index (χ0) is 29.5. The van der Waals surface area contributed by atoms with Gasteiger partial charge in [-0.1, -0.05) is 12.1 Å². The fraction of sp³-hybridized carbons (Fsp3) is 0.536. The molecule has 1 aromatic heterocycles. The zero-order valence-corrected chi connectivity index (χ0v) is 26.4. The standard InChI is InChI=1S/C28H37BrFN3O5S2/c1-18(19-7-11-21(30)12-8-19)32-26(35)20-9-13-22(14-10-20)33-40(36,37)23-16-24(29)27(31-17-23)39-15-5-6-25(34)38-28(2,3)4/h7-8,11-12,16-18,20,22,33H,5-6,9-10,13-15H2,1-4H3,(H,32,35)/t18-,20?,22?/m1/s1. The lowest BCUT2D eigenvalue weighted by molar-refractivity contribution is -0.154. The molecule has 2 N–H and O–H groups in total. The number of hydrogen-bond acceptors (Lipinski definition) is 7. The molecule has 0 unspecified atom stereocenters. The van der Waals surface area contributed by atoms with E-state index in [9.17, 15) is 22.4 Å². The van der Waals surface area contributed by atoms with Crippen LogP contribution in [0.1, 0.15) is 77.8 Å². The molecule has 1 heterocycles. The summed E-state index contributed by atoms with van der Waals surface area (Å²) in [5, 5.41) is 3.62. The Morgan fingerprint density at radius 1 is 1.18 bits per heavy atom. The van der Waals surface area contributed by atoms with Crippen LogP contribution in [0.25, 0.3) is 0 Å². The highest BCUT2D eigenvalue weighted by molar-refractivity contribution is 9.10. The Labute approximate surface area is 248 Å². The van der Waals surface area contributed by atoms with E-state index in [1.807, 2.05) is 27.7 Å². The number of nitrogens with zero attached hydrogens (tertiary/aromatic N) is 1. The van der Waals surface area contributed by atoms with Crippen LogP contribution in [0.5, 0.6) is 0 Å². The molecular formula is C28H37BrFN3O5S2. The zero-order valence-electron chi connectivity index (χ0n) is 23.2. The van der Waals surface area contributed by atoms with Crippen LogP contribution in [0.3, 0.4) is 0 Å². The Balaban J connectivity index is 1.45. The highest BCUT2D eigenvalue weighted by Crippen LogP contribution is 2.30. The smallest absolute Gasteiger partial charge is 0.306 e. The van der Waals surface area contributed by atoms with Gasteiger partial charge in [0.25, 0.3) is 0 Å². The van der Waals surface area contributed by atoms with Crippen molar-refractivity contribution in [1.82, 2.24) is 15.0 Å². The van der Waals surface area contributed by atoms with Gasteiger partial charge in [-0.15, -0.1) is 11.8 Å². The van der Waals surface area contributed by atoms with Crippen LogP contribution in [0, 0.1) is 11.7 Å². The van der Waals surface area contributed by atoms with Gasteiger partial charge in [-0.25, -0.2) is 22.5 Å². The Kier molecular flexibility index (Phi) is 11.6. The molecule has 1 saturated carbocycles. The third kappa shape index (κ3) is 10.1. The second-order valence-electron chi connectivity index (χ2n) is 10.9. The molecule has 1 atom stereocenters. The van der Waals surface area contributed by atoms with E-state index in [0.717, 1.165) is 5.56 Å². The van der Waals surface area contributed by atoms with E-state index in [4.69, 9.17) is 4.74 Å². The Hall–Kier alpha value is -2.02. The summed E-state index contributed by atoms with van der Waals surface area (Å²) in [6, 6.07) is 7.04. The molecule has 40 heavy (non-hydrogen) atoms. The molecule has 3 rings (SSSR count). The predicted molar refractivity (Wildman–Crippen MR) is 157 cm³/mol. The molecule has 0 spiro atoms. The molecule has 2 aromatic rings. The third-order valence-corrected chi connectivity index (χ3v) is 9.87. The quantitative estimate of drug-likeness (QED) is 0.175. The van der Waals surface area contributed by atoms with Gasteiger partial charge in [0.1, 0.15) is 21.3 Å². The van der Waals surface area contributed by atoms with Crippen molar-refractivity contribution in [3.63, 3.8) is 0 Å². The Morgan fingerprint density at radius 2 is 1.82 bits per heavy atom. The SMILES string of the molecule is C[C@@H](NC(=O)C1CCC(NS(=O)(=O)c2cnc(SCCCC(=O)OC(C)(C)C)c(Br)c2)CC1)c1ccc(F)cc1. The first-order chi connectivity index (χ1) is 18.7. The largest absolute Gasteiger partial charge is 0.460 e. The van der Waals surface area contributed by atoms with E-state index < -0.39 is 15.6 Å². The number of carbonyl (C=O) groups is 2. The van der Waals surface area contributed by atoms with Gasteiger partial charge in [0.15, 0.2) is 0 Å². The molecule has 220 valence electrons. The molecule has 0 saturated heterocycles. The van der Waals surface area contributed by atoms with E-state index in [-0.39, 0.29) is 40.6 Å². The topological polar surface area (TPSA) is 114 Å². The van der Waals surface area contributed by atoms with Gasteiger partial charge in [-0.05, 0) is 99.5 Å². The average molecular weight is 659 g/mol. The summed E-state index contributed by atoms with van der Waals surface area (Å²) in [5.41, 5.74) is 0.310. The summed E-state index contributed by atoms with van der Waals surface area (Å²) < 4.78 is 47.8. The van der Waals surface area contributed by atoms with Gasteiger partial charge in [-0.2, -0.15) is 0 Å². The van der Waals surface area contributed by atoms with Gasteiger partial charge in [0, 0.05) is 30.3 Å². The number of rotatable bonds is 11. The third-order valence-electron chi connectivity index (χ3n) is 6.43. The van der Waals surface area contributed by atoms with E-state index in [1.54, 1.807) is 12.1 Å². The first kappa shape index (κ1) is 32.5. The summed E-state index contributed by atoms with van der Waals surface area (Å²) in [5.74, 6) is -0.221. The Morgan fingerprint density at radius 3 is 2.42 bits per heavy atom. The normalized spacial score (nSPS) is 18.6. The van der Waals surface area contributed by atoms with Crippen LogP contribution in [0.2, 0.25) is 0 Å². The van der Waals surface area contributed by atoms with E-state index in [2.05, 4.69) is 31.0 Å². The number of benzene rings is 1. The molecule has 1 aliphatic carbocycles. The molecule has 1 aliphatic rings. The van der Waals surface area contributed by atoms with Crippen LogP contribution in [0.4, 0.5) is 4.39 Å². The van der Waals surface area contributed by atoms with Crippen LogP contribution in [0.15, 0.2) is 50.9 Å². The fourth-order valence-electron chi connectivity index (χ4n) is 4.37. The van der Waals surface area contributed by atoms with Crippen molar-refractivity contribution in [3.8, 4) is 0 Å². The summed E-state index contributed by atoms with van der Waals surface area (Å²) in [4.78, 5) is 29.0. The summed E-state index contributed by atoms with van der Waals surface area (Å²) >= 11 is 4.85. The average Bonchev–Trinajstić information content (AvgIpc) is 2.86. The monoisotopic (exact) mass is 657 g/mol. The maximum absolute atomic E-state index is 13.2. The number of amides is 1. The number of nitrogens with one attached hydrogen (secondary N) is 2. The number of halogens is 2. The summed E-state index contributed by atoms with van der Waals surface area (Å²) in [6.07, 6.45) is 4.46. The molecule has 1 amide bonds. The number of hydrogen-bond donors (Lipinski definition) is 2. The summed E-state index contributed by atoms with van der Waals surface area (Å²) in [6.45, 7) is 7.34. The van der Waals surface area contributed by atoms with E-state index in [1.165, 1.54) is 36.2 Å². The second kappa shape index (κ2) is 14.2. The highest BCUT2D eigenvalue weighted by atomic mass is 79.9. The lowest BCUT2D eigenvalue weighted by Crippen LogP contribution is -2.41. The van der Waals surface area contributed by atoms with Crippen molar-refractivity contribution in [1.29, 1.82) is 0 Å². The molecule has 1 fully saturated rings. The van der Waals surface area contributed by atoms with Crippen molar-refractivity contribution in [3.05, 3.63) is 52.4 Å². The fourth-order valence-corrected chi connectivity index (χ4v) is 7.29. The Bertz CT molecular complexity index is 1280. The first-order valence-corrected chi connectivity index (χ1v) is 16.6. The number of ether oxygens (including phenoxy) is 1. The lowest BCUT2D eigenvalue weighted by atomic mass is 9.85. The first-order valence-electron chi connectivity index (χ1n) is 13.3. The number of sulfonamides is 1. The molecule has 1 aromatic carbocycles. The van der Waals surface area contributed by atoms with Crippen molar-refractivity contribution in [2.45, 2.75) is 93.8 Å². The van der Waals surface area contributed by atoms with E-state index >= 15 is 0 Å². The second-order valence-corrected chi connectivity index (χ2v) is 14.6. The van der Waals surface area contributed by atoms with E-state index in [0.29, 0.717) is 53.8 Å². The van der Waals surface area contributed by atoms with Crippen LogP contribution in [-0.4, -0.2) is 42.7 Å². The van der Waals surface area contributed by atoms with Crippen molar-refractivity contribution in [2.24, 2.45) is 5.92 Å². The molecule has 0 bridgehead atoms.